The Labute approximate surface area is 174 Å². The summed E-state index contributed by atoms with van der Waals surface area (Å²) < 4.78 is 1.91. The molecule has 4 rings (SSSR count). The topological polar surface area (TPSA) is 0 Å². The Morgan fingerprint density at radius 3 is 1.52 bits per heavy atom. The first kappa shape index (κ1) is 21.6. The van der Waals surface area contributed by atoms with Gasteiger partial charge in [-0.25, -0.2) is 0 Å². The van der Waals surface area contributed by atoms with E-state index in [2.05, 4.69) is 37.5 Å². The van der Waals surface area contributed by atoms with Gasteiger partial charge in [0, 0.05) is 0 Å². The second kappa shape index (κ2) is 10.5. The van der Waals surface area contributed by atoms with Crippen molar-refractivity contribution in [3.8, 4) is 0 Å². The molecular formula is C20H26Br2Hf. The summed E-state index contributed by atoms with van der Waals surface area (Å²) >= 11 is -0.620. The maximum Gasteiger partial charge on any atom is -0.106 e. The third-order valence-corrected chi connectivity index (χ3v) is 11.7. The van der Waals surface area contributed by atoms with Crippen LogP contribution in [0, 0.1) is 0 Å². The van der Waals surface area contributed by atoms with Gasteiger partial charge in [0.2, 0.25) is 0 Å². The maximum absolute atomic E-state index is 3.00. The van der Waals surface area contributed by atoms with E-state index < -0.39 is 22.9 Å². The number of hydrogen-bond acceptors (Lipinski definition) is 0. The van der Waals surface area contributed by atoms with Crippen molar-refractivity contribution in [2.24, 2.45) is 0 Å². The molecule has 4 aliphatic rings. The summed E-state index contributed by atoms with van der Waals surface area (Å²) in [6, 6.07) is 0. The van der Waals surface area contributed by atoms with E-state index in [0.29, 0.717) is 0 Å². The Morgan fingerprint density at radius 2 is 1.09 bits per heavy atom. The Hall–Kier alpha value is 0.530. The van der Waals surface area contributed by atoms with Gasteiger partial charge in [0.05, 0.1) is 0 Å². The fourth-order valence-electron chi connectivity index (χ4n) is 4.16. The zero-order chi connectivity index (χ0) is 14.7. The molecular weight excluding hydrogens is 579 g/mol. The Morgan fingerprint density at radius 1 is 0.696 bits per heavy atom. The van der Waals surface area contributed by atoms with Crippen LogP contribution in [0.4, 0.5) is 0 Å². The number of allylic oxidation sites excluding steroid dienone is 8. The molecule has 0 aromatic carbocycles. The van der Waals surface area contributed by atoms with E-state index in [1.807, 2.05) is 11.1 Å². The number of rotatable bonds is 2. The molecule has 0 radical (unpaired) electrons. The molecule has 0 aromatic rings. The molecule has 0 aliphatic heterocycles. The summed E-state index contributed by atoms with van der Waals surface area (Å²) in [6.07, 6.45) is 21.5. The fraction of sp³-hybridized carbons (Fsp3) is 0.500. The van der Waals surface area contributed by atoms with Gasteiger partial charge in [-0.15, -0.1) is 13.2 Å². The first-order valence-electron chi connectivity index (χ1n) is 8.48. The standard InChI is InChI=1S/2C9H11.C2H4.2BrH.Hf/c2*1-2-5-9-7-3-6-8(9)4-1;1-2;;;/h2*3,6-7H,1-2,4-5H2;1-2H2;2*1H;/q;;;;;+2/p-2. The van der Waals surface area contributed by atoms with Gasteiger partial charge < -0.3 is 34.0 Å². The predicted octanol–water partition coefficient (Wildman–Crippen LogP) is 0.337. The van der Waals surface area contributed by atoms with Crippen LogP contribution in [0.5, 0.6) is 0 Å². The molecule has 4 aliphatic carbocycles. The van der Waals surface area contributed by atoms with Gasteiger partial charge in [-0.3, -0.25) is 0 Å². The van der Waals surface area contributed by atoms with E-state index in [-0.39, 0.29) is 34.0 Å². The minimum Gasteiger partial charge on any atom is -1.00 e. The molecule has 3 heteroatoms. The first-order chi connectivity index (χ1) is 10.4. The summed E-state index contributed by atoms with van der Waals surface area (Å²) in [6.45, 7) is 6.00. The minimum absolute atomic E-state index is 0. The zero-order valence-corrected chi connectivity index (χ0v) is 20.6. The predicted molar refractivity (Wildman–Crippen MR) is 88.0 cm³/mol. The molecule has 0 saturated carbocycles. The van der Waals surface area contributed by atoms with Gasteiger partial charge in [0.1, 0.15) is 0 Å². The average Bonchev–Trinajstić information content (AvgIpc) is 3.15. The zero-order valence-electron chi connectivity index (χ0n) is 13.8. The molecule has 0 nitrogen and oxygen atoms in total. The van der Waals surface area contributed by atoms with E-state index in [1.54, 1.807) is 11.1 Å². The normalized spacial score (nSPS) is 27.1. The van der Waals surface area contributed by atoms with Crippen molar-refractivity contribution in [2.75, 3.05) is 0 Å². The van der Waals surface area contributed by atoms with E-state index in [0.717, 1.165) is 7.35 Å². The van der Waals surface area contributed by atoms with Crippen LogP contribution in [0.3, 0.4) is 0 Å². The molecule has 0 N–H and O–H groups in total. The molecule has 2 unspecified atom stereocenters. The van der Waals surface area contributed by atoms with Gasteiger partial charge in [-0.2, -0.15) is 0 Å². The molecule has 0 heterocycles. The summed E-state index contributed by atoms with van der Waals surface area (Å²) in [5.74, 6) is 0. The van der Waals surface area contributed by atoms with Crippen LogP contribution in [-0.4, -0.2) is 0 Å². The molecule has 0 amide bonds. The number of halogens is 2. The molecule has 0 saturated heterocycles. The van der Waals surface area contributed by atoms with E-state index in [4.69, 9.17) is 0 Å². The molecule has 23 heavy (non-hydrogen) atoms. The van der Waals surface area contributed by atoms with Gasteiger partial charge in [-0.1, -0.05) is 0 Å². The second-order valence-electron chi connectivity index (χ2n) is 6.36. The smallest absolute Gasteiger partial charge is 0.106 e. The third kappa shape index (κ3) is 4.79. The Kier molecular flexibility index (Phi) is 9.85. The van der Waals surface area contributed by atoms with Gasteiger partial charge in [-0.05, 0) is 0 Å². The Bertz CT molecular complexity index is 482. The monoisotopic (exact) mass is 604 g/mol. The number of hydrogen-bond donors (Lipinski definition) is 0. The van der Waals surface area contributed by atoms with Crippen molar-refractivity contribution in [3.05, 3.63) is 59.8 Å². The van der Waals surface area contributed by atoms with Crippen LogP contribution < -0.4 is 34.0 Å². The van der Waals surface area contributed by atoms with Crippen molar-refractivity contribution in [1.82, 2.24) is 0 Å². The van der Waals surface area contributed by atoms with Crippen LogP contribution >= 0.6 is 0 Å². The molecule has 124 valence electrons. The van der Waals surface area contributed by atoms with Crippen molar-refractivity contribution in [2.45, 2.75) is 58.7 Å². The minimum atomic E-state index is -0.620. The third-order valence-electron chi connectivity index (χ3n) is 5.20. The molecule has 0 fully saturated rings. The van der Waals surface area contributed by atoms with Gasteiger partial charge in [0.25, 0.3) is 0 Å². The first-order valence-corrected chi connectivity index (χ1v) is 12.6. The van der Waals surface area contributed by atoms with Gasteiger partial charge in [0.15, 0.2) is 0 Å². The second-order valence-corrected chi connectivity index (χ2v) is 12.0. The average molecular weight is 605 g/mol. The fourth-order valence-corrected chi connectivity index (χ4v) is 10.9. The summed E-state index contributed by atoms with van der Waals surface area (Å²) in [5, 5.41) is 0. The summed E-state index contributed by atoms with van der Waals surface area (Å²) in [4.78, 5) is 0. The van der Waals surface area contributed by atoms with Crippen LogP contribution in [0.1, 0.15) is 51.4 Å². The van der Waals surface area contributed by atoms with E-state index in [1.165, 1.54) is 51.4 Å². The maximum atomic E-state index is 3.00. The van der Waals surface area contributed by atoms with Gasteiger partial charge >= 0.3 is 128 Å². The molecule has 0 bridgehead atoms. The van der Waals surface area contributed by atoms with Crippen LogP contribution in [0.2, 0.25) is 7.35 Å². The largest absolute Gasteiger partial charge is 1.00 e. The Balaban J connectivity index is 0.000000638. The van der Waals surface area contributed by atoms with Crippen LogP contribution in [0.25, 0.3) is 0 Å². The van der Waals surface area contributed by atoms with Crippen molar-refractivity contribution < 1.29 is 56.9 Å². The molecule has 0 aromatic heterocycles. The molecule has 0 spiro atoms. The van der Waals surface area contributed by atoms with Crippen molar-refractivity contribution in [1.29, 1.82) is 0 Å². The van der Waals surface area contributed by atoms with Crippen LogP contribution in [0.15, 0.2) is 59.8 Å². The SMILES string of the molecule is C1=C[CH]([Hf+2][CH]2C=CC3=C2CCCC3)C2=C1CCCC2.C=C.[Br-].[Br-]. The van der Waals surface area contributed by atoms with Crippen molar-refractivity contribution in [3.63, 3.8) is 0 Å². The summed E-state index contributed by atoms with van der Waals surface area (Å²) in [7, 11) is 0. The summed E-state index contributed by atoms with van der Waals surface area (Å²) in [5.41, 5.74) is 7.24. The molecule has 2 atom stereocenters. The van der Waals surface area contributed by atoms with Crippen molar-refractivity contribution >= 4 is 0 Å². The van der Waals surface area contributed by atoms with E-state index in [9.17, 15) is 0 Å². The van der Waals surface area contributed by atoms with Crippen LogP contribution in [-0.2, 0) is 22.9 Å². The van der Waals surface area contributed by atoms with E-state index >= 15 is 0 Å². The quantitative estimate of drug-likeness (QED) is 0.315.